The van der Waals surface area contributed by atoms with Crippen molar-refractivity contribution < 1.29 is 9.53 Å². The summed E-state index contributed by atoms with van der Waals surface area (Å²) in [6.07, 6.45) is 0. The monoisotopic (exact) mass is 385 g/mol. The zero-order valence-electron chi connectivity index (χ0n) is 16.1. The van der Waals surface area contributed by atoms with Gasteiger partial charge in [-0.1, -0.05) is 23.7 Å². The highest BCUT2D eigenvalue weighted by Crippen LogP contribution is 2.23. The molecular formula is C21H24ClN3O2. The lowest BCUT2D eigenvalue weighted by molar-refractivity contribution is -0.144. The highest BCUT2D eigenvalue weighted by atomic mass is 35.5. The minimum Gasteiger partial charge on any atom is -0.478 e. The first kappa shape index (κ1) is 19.2. The molecule has 0 aliphatic rings. The molecule has 0 atom stereocenters. The minimum atomic E-state index is -1.01. The number of carbonyl (C=O) groups is 1. The fraction of sp³-hybridized carbons (Fsp3) is 0.333. The van der Waals surface area contributed by atoms with E-state index in [0.29, 0.717) is 17.3 Å². The Morgan fingerprint density at radius 2 is 1.85 bits per heavy atom. The molecule has 1 aromatic heterocycles. The summed E-state index contributed by atoms with van der Waals surface area (Å²) >= 11 is 5.91. The Bertz CT molecular complexity index is 948. The van der Waals surface area contributed by atoms with Crippen LogP contribution < -0.4 is 4.74 Å². The van der Waals surface area contributed by atoms with Crippen LogP contribution in [0.3, 0.4) is 0 Å². The first-order valence-electron chi connectivity index (χ1n) is 8.96. The van der Waals surface area contributed by atoms with Crippen LogP contribution in [0.15, 0.2) is 48.5 Å². The number of rotatable bonds is 6. The van der Waals surface area contributed by atoms with Crippen molar-refractivity contribution in [3.05, 3.63) is 59.4 Å². The van der Waals surface area contributed by atoms with Gasteiger partial charge in [-0.15, -0.1) is 0 Å². The third kappa shape index (κ3) is 4.08. The van der Waals surface area contributed by atoms with Crippen LogP contribution in [-0.2, 0) is 17.9 Å². The van der Waals surface area contributed by atoms with Crippen LogP contribution in [0.25, 0.3) is 11.0 Å². The zero-order chi connectivity index (χ0) is 19.6. The van der Waals surface area contributed by atoms with E-state index < -0.39 is 5.60 Å². The van der Waals surface area contributed by atoms with Gasteiger partial charge in [0.1, 0.15) is 11.6 Å². The van der Waals surface area contributed by atoms with Gasteiger partial charge in [0.05, 0.1) is 17.6 Å². The van der Waals surface area contributed by atoms with E-state index in [0.717, 1.165) is 23.4 Å². The zero-order valence-corrected chi connectivity index (χ0v) is 16.8. The number of nitrogens with zero attached hydrogens (tertiary/aromatic N) is 3. The summed E-state index contributed by atoms with van der Waals surface area (Å²) in [5.41, 5.74) is 1.01. The van der Waals surface area contributed by atoms with Crippen LogP contribution in [0.2, 0.25) is 5.02 Å². The average molecular weight is 386 g/mol. The molecule has 0 fully saturated rings. The SMILES string of the molecule is CCn1c(CN(C)C(=O)C(C)(C)Oc2ccc(Cl)cc2)nc2ccccc21. The number of aromatic nitrogens is 2. The summed E-state index contributed by atoms with van der Waals surface area (Å²) in [6.45, 7) is 6.82. The van der Waals surface area contributed by atoms with Crippen molar-refractivity contribution in [1.29, 1.82) is 0 Å². The fourth-order valence-electron chi connectivity index (χ4n) is 3.18. The Labute approximate surface area is 164 Å². The minimum absolute atomic E-state index is 0.118. The van der Waals surface area contributed by atoms with E-state index in [1.807, 2.05) is 24.3 Å². The topological polar surface area (TPSA) is 47.4 Å². The Morgan fingerprint density at radius 3 is 2.52 bits per heavy atom. The van der Waals surface area contributed by atoms with Gasteiger partial charge in [-0.25, -0.2) is 4.98 Å². The highest BCUT2D eigenvalue weighted by Gasteiger charge is 2.33. The predicted octanol–water partition coefficient (Wildman–Crippen LogP) is 4.53. The molecule has 1 amide bonds. The number of fused-ring (bicyclic) bond motifs is 1. The van der Waals surface area contributed by atoms with E-state index in [2.05, 4.69) is 11.5 Å². The maximum absolute atomic E-state index is 13.0. The molecule has 5 nitrogen and oxygen atoms in total. The molecule has 1 heterocycles. The van der Waals surface area contributed by atoms with Gasteiger partial charge in [0.25, 0.3) is 5.91 Å². The Morgan fingerprint density at radius 1 is 1.19 bits per heavy atom. The molecule has 0 saturated carbocycles. The second-order valence-corrected chi connectivity index (χ2v) is 7.42. The molecule has 0 radical (unpaired) electrons. The molecule has 0 bridgehead atoms. The molecule has 3 aromatic rings. The van der Waals surface area contributed by atoms with E-state index in [1.165, 1.54) is 0 Å². The van der Waals surface area contributed by atoms with Gasteiger partial charge in [0, 0.05) is 18.6 Å². The number of halogens is 1. The predicted molar refractivity (Wildman–Crippen MR) is 108 cm³/mol. The second-order valence-electron chi connectivity index (χ2n) is 6.99. The molecule has 0 saturated heterocycles. The molecule has 6 heteroatoms. The van der Waals surface area contributed by atoms with E-state index in [4.69, 9.17) is 21.3 Å². The lowest BCUT2D eigenvalue weighted by Crippen LogP contribution is -2.47. The number of imidazole rings is 1. The van der Waals surface area contributed by atoms with Gasteiger partial charge in [-0.3, -0.25) is 4.79 Å². The quantitative estimate of drug-likeness (QED) is 0.626. The van der Waals surface area contributed by atoms with E-state index in [-0.39, 0.29) is 5.91 Å². The van der Waals surface area contributed by atoms with E-state index in [9.17, 15) is 4.79 Å². The number of amides is 1. The van der Waals surface area contributed by atoms with Crippen LogP contribution in [-0.4, -0.2) is 33.0 Å². The van der Waals surface area contributed by atoms with Gasteiger partial charge in [-0.05, 0) is 57.2 Å². The molecule has 142 valence electrons. The summed E-state index contributed by atoms with van der Waals surface area (Å²) in [5, 5.41) is 0.627. The fourth-order valence-corrected chi connectivity index (χ4v) is 3.31. The van der Waals surface area contributed by atoms with Crippen LogP contribution in [0.4, 0.5) is 0 Å². The number of ether oxygens (including phenoxy) is 1. The van der Waals surface area contributed by atoms with Gasteiger partial charge >= 0.3 is 0 Å². The molecular weight excluding hydrogens is 362 g/mol. The van der Waals surface area contributed by atoms with Crippen LogP contribution in [0, 0.1) is 0 Å². The lowest BCUT2D eigenvalue weighted by Gasteiger charge is -2.30. The normalized spacial score (nSPS) is 11.6. The number of carbonyl (C=O) groups excluding carboxylic acids is 1. The average Bonchev–Trinajstić information content (AvgIpc) is 2.99. The van der Waals surface area contributed by atoms with Crippen LogP contribution >= 0.6 is 11.6 Å². The number of benzene rings is 2. The van der Waals surface area contributed by atoms with Crippen molar-refractivity contribution in [2.24, 2.45) is 0 Å². The van der Waals surface area contributed by atoms with E-state index >= 15 is 0 Å². The van der Waals surface area contributed by atoms with Crippen molar-refractivity contribution in [3.63, 3.8) is 0 Å². The first-order valence-corrected chi connectivity index (χ1v) is 9.34. The maximum Gasteiger partial charge on any atom is 0.266 e. The van der Waals surface area contributed by atoms with Crippen molar-refractivity contribution in [1.82, 2.24) is 14.5 Å². The number of hydrogen-bond acceptors (Lipinski definition) is 3. The van der Waals surface area contributed by atoms with Crippen molar-refractivity contribution in [3.8, 4) is 5.75 Å². The molecule has 2 aromatic carbocycles. The number of likely N-dealkylation sites (N-methyl/N-ethyl adjacent to an activating group) is 1. The highest BCUT2D eigenvalue weighted by molar-refractivity contribution is 6.30. The van der Waals surface area contributed by atoms with Crippen LogP contribution in [0.1, 0.15) is 26.6 Å². The van der Waals surface area contributed by atoms with Crippen molar-refractivity contribution in [2.75, 3.05) is 7.05 Å². The third-order valence-electron chi connectivity index (χ3n) is 4.48. The summed E-state index contributed by atoms with van der Waals surface area (Å²) in [4.78, 5) is 19.3. The molecule has 0 spiro atoms. The van der Waals surface area contributed by atoms with E-state index in [1.54, 1.807) is 50.1 Å². The molecule has 27 heavy (non-hydrogen) atoms. The Balaban J connectivity index is 1.77. The smallest absolute Gasteiger partial charge is 0.266 e. The molecule has 0 N–H and O–H groups in total. The summed E-state index contributed by atoms with van der Waals surface area (Å²) < 4.78 is 8.05. The molecule has 3 rings (SSSR count). The standard InChI is InChI=1S/C21H24ClN3O2/c1-5-25-18-9-7-6-8-17(18)23-19(25)14-24(4)20(26)21(2,3)27-16-12-10-15(22)11-13-16/h6-13H,5,14H2,1-4H3. The van der Waals surface area contributed by atoms with Gasteiger partial charge < -0.3 is 14.2 Å². The molecule has 0 unspecified atom stereocenters. The number of hydrogen-bond donors (Lipinski definition) is 0. The summed E-state index contributed by atoms with van der Waals surface area (Å²) in [7, 11) is 1.77. The van der Waals surface area contributed by atoms with Gasteiger partial charge in [-0.2, -0.15) is 0 Å². The second kappa shape index (κ2) is 7.61. The van der Waals surface area contributed by atoms with Crippen molar-refractivity contribution in [2.45, 2.75) is 39.5 Å². The first-order chi connectivity index (χ1) is 12.8. The summed E-state index contributed by atoms with van der Waals surface area (Å²) in [6, 6.07) is 15.0. The van der Waals surface area contributed by atoms with Crippen molar-refractivity contribution >= 4 is 28.5 Å². The number of aryl methyl sites for hydroxylation is 1. The van der Waals surface area contributed by atoms with Crippen LogP contribution in [0.5, 0.6) is 5.75 Å². The maximum atomic E-state index is 13.0. The van der Waals surface area contributed by atoms with Gasteiger partial charge in [0.2, 0.25) is 0 Å². The lowest BCUT2D eigenvalue weighted by atomic mass is 10.1. The Hall–Kier alpha value is -2.53. The largest absolute Gasteiger partial charge is 0.478 e. The Kier molecular flexibility index (Phi) is 5.42. The third-order valence-corrected chi connectivity index (χ3v) is 4.73. The molecule has 0 aliphatic heterocycles. The van der Waals surface area contributed by atoms with Gasteiger partial charge in [0.15, 0.2) is 5.60 Å². The molecule has 0 aliphatic carbocycles. The summed E-state index contributed by atoms with van der Waals surface area (Å²) in [5.74, 6) is 1.34. The number of para-hydroxylation sites is 2.